The van der Waals surface area contributed by atoms with E-state index in [0.717, 1.165) is 19.3 Å². The quantitative estimate of drug-likeness (QED) is 0.791. The largest absolute Gasteiger partial charge is 0.342 e. The van der Waals surface area contributed by atoms with Gasteiger partial charge in [0, 0.05) is 24.8 Å². The van der Waals surface area contributed by atoms with E-state index in [4.69, 9.17) is 5.73 Å². The predicted molar refractivity (Wildman–Crippen MR) is 83.7 cm³/mol. The Morgan fingerprint density at radius 2 is 2.00 bits per heavy atom. The number of hydrogen-bond acceptors (Lipinski definition) is 4. The highest BCUT2D eigenvalue weighted by molar-refractivity contribution is 7.91. The number of sulfone groups is 1. The van der Waals surface area contributed by atoms with Crippen LogP contribution in [0.4, 0.5) is 0 Å². The molecule has 7 heteroatoms. The van der Waals surface area contributed by atoms with Crippen molar-refractivity contribution in [3.63, 3.8) is 0 Å². The second-order valence-corrected chi connectivity index (χ2v) is 7.93. The summed E-state index contributed by atoms with van der Waals surface area (Å²) in [4.78, 5) is 14.0. The van der Waals surface area contributed by atoms with Crippen LogP contribution < -0.4 is 5.73 Å². The van der Waals surface area contributed by atoms with Crippen molar-refractivity contribution in [2.24, 2.45) is 17.6 Å². The average molecular weight is 327 g/mol. The van der Waals surface area contributed by atoms with E-state index >= 15 is 0 Å². The minimum atomic E-state index is -3.06. The Balaban J connectivity index is 0.00000361. The zero-order chi connectivity index (χ0) is 14.6. The van der Waals surface area contributed by atoms with Crippen LogP contribution >= 0.6 is 12.4 Å². The van der Waals surface area contributed by atoms with Gasteiger partial charge < -0.3 is 10.6 Å². The molecular formula is C13H27ClN2O3S. The molecule has 0 spiro atoms. The molecule has 0 aromatic carbocycles. The summed E-state index contributed by atoms with van der Waals surface area (Å²) in [6, 6.07) is -0.281. The molecule has 3 atom stereocenters. The fourth-order valence-electron chi connectivity index (χ4n) is 2.72. The third kappa shape index (κ3) is 4.90. The molecule has 0 radical (unpaired) electrons. The Hall–Kier alpha value is -0.330. The lowest BCUT2D eigenvalue weighted by Gasteiger charge is -2.29. The lowest BCUT2D eigenvalue weighted by atomic mass is 9.94. The Morgan fingerprint density at radius 1 is 1.40 bits per heavy atom. The highest BCUT2D eigenvalue weighted by atomic mass is 35.5. The molecule has 120 valence electrons. The van der Waals surface area contributed by atoms with Crippen molar-refractivity contribution in [1.29, 1.82) is 0 Å². The van der Waals surface area contributed by atoms with Crippen molar-refractivity contribution in [3.05, 3.63) is 0 Å². The zero-order valence-corrected chi connectivity index (χ0v) is 14.2. The molecule has 2 N–H and O–H groups in total. The summed E-state index contributed by atoms with van der Waals surface area (Å²) in [7, 11) is -1.36. The van der Waals surface area contributed by atoms with Gasteiger partial charge >= 0.3 is 0 Å². The van der Waals surface area contributed by atoms with E-state index < -0.39 is 9.84 Å². The van der Waals surface area contributed by atoms with Gasteiger partial charge in [-0.05, 0) is 32.2 Å². The van der Waals surface area contributed by atoms with Crippen LogP contribution in [0.3, 0.4) is 0 Å². The van der Waals surface area contributed by atoms with E-state index in [0.29, 0.717) is 6.54 Å². The molecule has 1 unspecified atom stereocenters. The van der Waals surface area contributed by atoms with Crippen LogP contribution in [0.1, 0.15) is 33.1 Å². The molecule has 0 aromatic heterocycles. The van der Waals surface area contributed by atoms with Gasteiger partial charge in [0.15, 0.2) is 9.84 Å². The summed E-state index contributed by atoms with van der Waals surface area (Å²) in [6.07, 6.45) is 2.91. The highest BCUT2D eigenvalue weighted by Gasteiger charge is 2.35. The second kappa shape index (κ2) is 8.20. The van der Waals surface area contributed by atoms with Gasteiger partial charge in [-0.1, -0.05) is 13.3 Å². The van der Waals surface area contributed by atoms with Crippen molar-refractivity contribution in [2.45, 2.75) is 39.2 Å². The molecule has 1 fully saturated rings. The molecular weight excluding hydrogens is 300 g/mol. The molecule has 1 amide bonds. The Kier molecular flexibility index (Phi) is 8.06. The molecule has 1 rings (SSSR count). The van der Waals surface area contributed by atoms with Gasteiger partial charge in [0.25, 0.3) is 0 Å². The summed E-state index contributed by atoms with van der Waals surface area (Å²) in [5, 5.41) is 0. The van der Waals surface area contributed by atoms with E-state index in [-0.39, 0.29) is 47.7 Å². The van der Waals surface area contributed by atoms with Gasteiger partial charge in [-0.2, -0.15) is 0 Å². The molecule has 1 aliphatic rings. The van der Waals surface area contributed by atoms with Crippen LogP contribution in [0, 0.1) is 11.8 Å². The first-order valence-corrected chi connectivity index (χ1v) is 8.81. The first-order valence-electron chi connectivity index (χ1n) is 6.99. The van der Waals surface area contributed by atoms with Gasteiger partial charge in [-0.25, -0.2) is 8.42 Å². The lowest BCUT2D eigenvalue weighted by Crippen LogP contribution is -2.44. The first-order chi connectivity index (χ1) is 8.82. The van der Waals surface area contributed by atoms with E-state index in [1.54, 1.807) is 25.8 Å². The molecule has 1 saturated carbocycles. The number of carbonyl (C=O) groups is 1. The molecule has 0 bridgehead atoms. The molecule has 0 heterocycles. The first kappa shape index (κ1) is 19.7. The second-order valence-electron chi connectivity index (χ2n) is 5.53. The minimum absolute atomic E-state index is 0. The van der Waals surface area contributed by atoms with Crippen molar-refractivity contribution in [1.82, 2.24) is 4.90 Å². The third-order valence-electron chi connectivity index (χ3n) is 4.22. The number of halogens is 1. The van der Waals surface area contributed by atoms with Gasteiger partial charge in [0.2, 0.25) is 5.91 Å². The highest BCUT2D eigenvalue weighted by Crippen LogP contribution is 2.32. The zero-order valence-electron chi connectivity index (χ0n) is 12.5. The number of carbonyl (C=O) groups excluding carboxylic acids is 1. The van der Waals surface area contributed by atoms with Gasteiger partial charge in [-0.3, -0.25) is 4.79 Å². The molecule has 5 nitrogen and oxygen atoms in total. The van der Waals surface area contributed by atoms with Crippen molar-refractivity contribution in [3.8, 4) is 0 Å². The van der Waals surface area contributed by atoms with E-state index in [2.05, 4.69) is 0 Å². The molecule has 1 aliphatic carbocycles. The average Bonchev–Trinajstić information content (AvgIpc) is 2.84. The van der Waals surface area contributed by atoms with Gasteiger partial charge in [0.05, 0.1) is 5.75 Å². The number of rotatable bonds is 6. The minimum Gasteiger partial charge on any atom is -0.342 e. The number of nitrogens with zero attached hydrogens (tertiary/aromatic N) is 1. The Labute approximate surface area is 128 Å². The number of nitrogens with two attached hydrogens (primary N) is 1. The van der Waals surface area contributed by atoms with Crippen LogP contribution in [0.5, 0.6) is 0 Å². The van der Waals surface area contributed by atoms with Crippen molar-refractivity contribution in [2.75, 3.05) is 25.1 Å². The SMILES string of the molecule is CCS(=O)(=O)CC(C)N(C)C(=O)[C@@H]1CCC[C@@H]1CN.Cl. The maximum atomic E-state index is 12.4. The normalized spacial score (nSPS) is 24.0. The van der Waals surface area contributed by atoms with Crippen LogP contribution in [0.25, 0.3) is 0 Å². The standard InChI is InChI=1S/C13H26N2O3S.ClH/c1-4-19(17,18)9-10(2)15(3)13(16)12-7-5-6-11(12)8-14;/h10-12H,4-9,14H2,1-3H3;1H/t10?,11-,12-;/m1./s1. The van der Waals surface area contributed by atoms with Crippen LogP contribution in [-0.4, -0.2) is 50.4 Å². The summed E-state index contributed by atoms with van der Waals surface area (Å²) >= 11 is 0. The van der Waals surface area contributed by atoms with Crippen LogP contribution in [0.2, 0.25) is 0 Å². The molecule has 0 saturated heterocycles. The van der Waals surface area contributed by atoms with Crippen molar-refractivity contribution < 1.29 is 13.2 Å². The fourth-order valence-corrected chi connectivity index (χ4v) is 3.91. The van der Waals surface area contributed by atoms with Gasteiger partial charge in [0.1, 0.15) is 0 Å². The summed E-state index contributed by atoms with van der Waals surface area (Å²) in [6.45, 7) is 3.95. The Bertz CT molecular complexity index is 414. The summed E-state index contributed by atoms with van der Waals surface area (Å²) in [5.41, 5.74) is 5.69. The van der Waals surface area contributed by atoms with E-state index in [1.165, 1.54) is 0 Å². The summed E-state index contributed by atoms with van der Waals surface area (Å²) in [5.74, 6) is 0.429. The Morgan fingerprint density at radius 3 is 2.50 bits per heavy atom. The molecule has 20 heavy (non-hydrogen) atoms. The molecule has 0 aromatic rings. The predicted octanol–water partition coefficient (Wildman–Crippen LogP) is 1.06. The van der Waals surface area contributed by atoms with Crippen LogP contribution in [-0.2, 0) is 14.6 Å². The van der Waals surface area contributed by atoms with Gasteiger partial charge in [-0.15, -0.1) is 12.4 Å². The van der Waals surface area contributed by atoms with Crippen molar-refractivity contribution >= 4 is 28.2 Å². The van der Waals surface area contributed by atoms with E-state index in [1.807, 2.05) is 0 Å². The van der Waals surface area contributed by atoms with Crippen LogP contribution in [0.15, 0.2) is 0 Å². The van der Waals surface area contributed by atoms with E-state index in [9.17, 15) is 13.2 Å². The number of amides is 1. The maximum Gasteiger partial charge on any atom is 0.226 e. The third-order valence-corrected chi connectivity index (χ3v) is 6.09. The monoisotopic (exact) mass is 326 g/mol. The fraction of sp³-hybridized carbons (Fsp3) is 0.923. The molecule has 0 aliphatic heterocycles. The topological polar surface area (TPSA) is 80.5 Å². The lowest BCUT2D eigenvalue weighted by molar-refractivity contribution is -0.136. The maximum absolute atomic E-state index is 12.4. The summed E-state index contributed by atoms with van der Waals surface area (Å²) < 4.78 is 23.2. The smallest absolute Gasteiger partial charge is 0.226 e. The number of hydrogen-bond donors (Lipinski definition) is 1.